The Morgan fingerprint density at radius 2 is 1.95 bits per heavy atom. The van der Waals surface area contributed by atoms with Gasteiger partial charge in [-0.3, -0.25) is 4.79 Å². The fourth-order valence-corrected chi connectivity index (χ4v) is 2.61. The first-order valence-electron chi connectivity index (χ1n) is 7.39. The summed E-state index contributed by atoms with van der Waals surface area (Å²) in [6.07, 6.45) is 2.93. The van der Waals surface area contributed by atoms with E-state index in [0.29, 0.717) is 19.5 Å². The first kappa shape index (κ1) is 17.3. The van der Waals surface area contributed by atoms with Crippen molar-refractivity contribution in [3.05, 3.63) is 0 Å². The van der Waals surface area contributed by atoms with Crippen molar-refractivity contribution in [2.24, 2.45) is 11.7 Å². The Bertz CT molecular complexity index is 398. The number of hydrogen-bond acceptors (Lipinski definition) is 3. The minimum Gasteiger partial charge on any atom is -0.480 e. The highest BCUT2D eigenvalue weighted by molar-refractivity contribution is 5.86. The molecule has 0 radical (unpaired) electrons. The smallest absolute Gasteiger partial charge is 0.326 e. The zero-order valence-electron chi connectivity index (χ0n) is 12.7. The van der Waals surface area contributed by atoms with Crippen LogP contribution in [0.3, 0.4) is 0 Å². The number of primary amides is 1. The molecule has 7 heteroatoms. The highest BCUT2D eigenvalue weighted by Crippen LogP contribution is 2.19. The van der Waals surface area contributed by atoms with Gasteiger partial charge in [0.1, 0.15) is 12.6 Å². The van der Waals surface area contributed by atoms with Gasteiger partial charge in [0.2, 0.25) is 5.91 Å². The van der Waals surface area contributed by atoms with Crippen LogP contribution in [0.2, 0.25) is 0 Å². The van der Waals surface area contributed by atoms with Gasteiger partial charge in [-0.15, -0.1) is 0 Å². The lowest BCUT2D eigenvalue weighted by Gasteiger charge is -2.33. The summed E-state index contributed by atoms with van der Waals surface area (Å²) in [6, 6.07) is -1.22. The van der Waals surface area contributed by atoms with Gasteiger partial charge in [0.05, 0.1) is 0 Å². The number of carbonyl (C=O) groups is 3. The Kier molecular flexibility index (Phi) is 6.45. The van der Waals surface area contributed by atoms with Crippen molar-refractivity contribution in [3.63, 3.8) is 0 Å². The fourth-order valence-electron chi connectivity index (χ4n) is 2.61. The van der Waals surface area contributed by atoms with E-state index >= 15 is 0 Å². The molecule has 1 atom stereocenters. The second kappa shape index (κ2) is 7.85. The molecule has 1 aliphatic rings. The molecule has 7 nitrogen and oxygen atoms in total. The monoisotopic (exact) mass is 299 g/mol. The summed E-state index contributed by atoms with van der Waals surface area (Å²) in [5, 5.41) is 9.32. The van der Waals surface area contributed by atoms with Gasteiger partial charge in [0.15, 0.2) is 0 Å². The molecule has 3 N–H and O–H groups in total. The van der Waals surface area contributed by atoms with Crippen molar-refractivity contribution in [1.82, 2.24) is 9.80 Å². The Morgan fingerprint density at radius 3 is 2.48 bits per heavy atom. The van der Waals surface area contributed by atoms with Gasteiger partial charge in [-0.25, -0.2) is 9.59 Å². The highest BCUT2D eigenvalue weighted by atomic mass is 16.4. The van der Waals surface area contributed by atoms with Gasteiger partial charge in [-0.05, 0) is 18.8 Å². The average Bonchev–Trinajstić information content (AvgIpc) is 2.61. The topological polar surface area (TPSA) is 104 Å². The minimum atomic E-state index is -0.992. The largest absolute Gasteiger partial charge is 0.480 e. The van der Waals surface area contributed by atoms with Crippen molar-refractivity contribution in [1.29, 1.82) is 0 Å². The molecule has 0 aromatic carbocycles. The van der Waals surface area contributed by atoms with Gasteiger partial charge in [0.25, 0.3) is 0 Å². The summed E-state index contributed by atoms with van der Waals surface area (Å²) in [7, 11) is 0. The van der Waals surface area contributed by atoms with Crippen molar-refractivity contribution in [2.45, 2.75) is 45.6 Å². The molecule has 1 saturated heterocycles. The van der Waals surface area contributed by atoms with Crippen LogP contribution in [0.5, 0.6) is 0 Å². The highest BCUT2D eigenvalue weighted by Gasteiger charge is 2.33. The lowest BCUT2D eigenvalue weighted by atomic mass is 10.1. The van der Waals surface area contributed by atoms with E-state index in [1.165, 1.54) is 9.80 Å². The number of amides is 3. The van der Waals surface area contributed by atoms with Crippen LogP contribution in [0.1, 0.15) is 39.5 Å². The van der Waals surface area contributed by atoms with Crippen molar-refractivity contribution in [2.75, 3.05) is 19.6 Å². The van der Waals surface area contributed by atoms with E-state index in [2.05, 4.69) is 0 Å². The van der Waals surface area contributed by atoms with E-state index < -0.39 is 23.9 Å². The SMILES string of the molecule is CC(C)CN(CC(N)=O)C(=O)N1CCCCCC1C(=O)O. The van der Waals surface area contributed by atoms with Crippen LogP contribution in [-0.2, 0) is 9.59 Å². The maximum Gasteiger partial charge on any atom is 0.326 e. The summed E-state index contributed by atoms with van der Waals surface area (Å²) in [4.78, 5) is 37.9. The number of likely N-dealkylation sites (tertiary alicyclic amines) is 1. The second-order valence-electron chi connectivity index (χ2n) is 5.92. The van der Waals surface area contributed by atoms with E-state index in [-0.39, 0.29) is 12.5 Å². The molecule has 3 amide bonds. The molecule has 1 unspecified atom stereocenters. The van der Waals surface area contributed by atoms with Gasteiger partial charge in [-0.1, -0.05) is 26.7 Å². The number of urea groups is 1. The number of nitrogens with zero attached hydrogens (tertiary/aromatic N) is 2. The maximum absolute atomic E-state index is 12.6. The number of carbonyl (C=O) groups excluding carboxylic acids is 2. The van der Waals surface area contributed by atoms with Crippen LogP contribution < -0.4 is 5.73 Å². The number of rotatable bonds is 5. The number of carboxylic acid groups (broad SMARTS) is 1. The molecule has 1 heterocycles. The molecule has 0 aromatic heterocycles. The number of aliphatic carboxylic acids is 1. The predicted molar refractivity (Wildman–Crippen MR) is 77.6 cm³/mol. The molecule has 0 aliphatic carbocycles. The number of hydrogen-bond donors (Lipinski definition) is 2. The standard InChI is InChI=1S/C14H25N3O4/c1-10(2)8-16(9-12(15)18)14(21)17-7-5-3-4-6-11(17)13(19)20/h10-11H,3-9H2,1-2H3,(H2,15,18)(H,19,20). The first-order chi connectivity index (χ1) is 9.82. The summed E-state index contributed by atoms with van der Waals surface area (Å²) in [5.41, 5.74) is 5.19. The third kappa shape index (κ3) is 5.24. The molecule has 120 valence electrons. The Morgan fingerprint density at radius 1 is 1.29 bits per heavy atom. The first-order valence-corrected chi connectivity index (χ1v) is 7.39. The predicted octanol–water partition coefficient (Wildman–Crippen LogP) is 0.879. The van der Waals surface area contributed by atoms with Crippen molar-refractivity contribution in [3.8, 4) is 0 Å². The third-order valence-electron chi connectivity index (χ3n) is 3.49. The van der Waals surface area contributed by atoms with E-state index in [4.69, 9.17) is 5.73 Å². The summed E-state index contributed by atoms with van der Waals surface area (Å²) in [6.45, 7) is 4.46. The van der Waals surface area contributed by atoms with Gasteiger partial charge in [-0.2, -0.15) is 0 Å². The molecule has 1 aliphatic heterocycles. The molecular formula is C14H25N3O4. The zero-order valence-corrected chi connectivity index (χ0v) is 12.7. The zero-order chi connectivity index (χ0) is 16.0. The van der Waals surface area contributed by atoms with Crippen LogP contribution in [0, 0.1) is 5.92 Å². The molecule has 21 heavy (non-hydrogen) atoms. The molecule has 1 rings (SSSR count). The molecule has 0 saturated carbocycles. The minimum absolute atomic E-state index is 0.170. The van der Waals surface area contributed by atoms with Crippen LogP contribution in [0.25, 0.3) is 0 Å². The van der Waals surface area contributed by atoms with Crippen molar-refractivity contribution >= 4 is 17.9 Å². The van der Waals surface area contributed by atoms with Crippen LogP contribution in [-0.4, -0.2) is 58.5 Å². The molecule has 0 aromatic rings. The van der Waals surface area contributed by atoms with Gasteiger partial charge >= 0.3 is 12.0 Å². The van der Waals surface area contributed by atoms with E-state index in [1.807, 2.05) is 13.8 Å². The summed E-state index contributed by atoms with van der Waals surface area (Å²) >= 11 is 0. The van der Waals surface area contributed by atoms with Gasteiger partial charge < -0.3 is 20.6 Å². The Labute approximate surface area is 125 Å². The number of nitrogens with two attached hydrogens (primary N) is 1. The normalized spacial score (nSPS) is 19.2. The summed E-state index contributed by atoms with van der Waals surface area (Å²) < 4.78 is 0. The number of carboxylic acids is 1. The lowest BCUT2D eigenvalue weighted by Crippen LogP contribution is -2.53. The molecular weight excluding hydrogens is 274 g/mol. The van der Waals surface area contributed by atoms with E-state index in [9.17, 15) is 19.5 Å². The quantitative estimate of drug-likeness (QED) is 0.786. The third-order valence-corrected chi connectivity index (χ3v) is 3.49. The Balaban J connectivity index is 2.91. The fraction of sp³-hybridized carbons (Fsp3) is 0.786. The lowest BCUT2D eigenvalue weighted by molar-refractivity contribution is -0.142. The van der Waals surface area contributed by atoms with Crippen LogP contribution >= 0.6 is 0 Å². The molecule has 0 spiro atoms. The van der Waals surface area contributed by atoms with Gasteiger partial charge in [0, 0.05) is 13.1 Å². The average molecular weight is 299 g/mol. The maximum atomic E-state index is 12.6. The van der Waals surface area contributed by atoms with Crippen molar-refractivity contribution < 1.29 is 19.5 Å². The van der Waals surface area contributed by atoms with Crippen LogP contribution in [0.15, 0.2) is 0 Å². The molecule has 1 fully saturated rings. The van der Waals surface area contributed by atoms with E-state index in [1.54, 1.807) is 0 Å². The summed E-state index contributed by atoms with van der Waals surface area (Å²) in [5.74, 6) is -1.41. The van der Waals surface area contributed by atoms with E-state index in [0.717, 1.165) is 19.3 Å². The molecule has 0 bridgehead atoms. The Hall–Kier alpha value is -1.79. The van der Waals surface area contributed by atoms with Crippen LogP contribution in [0.4, 0.5) is 4.79 Å². The second-order valence-corrected chi connectivity index (χ2v) is 5.92.